The van der Waals surface area contributed by atoms with E-state index in [0.29, 0.717) is 25.0 Å². The van der Waals surface area contributed by atoms with Crippen molar-refractivity contribution in [1.82, 2.24) is 19.8 Å². The van der Waals surface area contributed by atoms with Gasteiger partial charge in [0, 0.05) is 36.9 Å². The van der Waals surface area contributed by atoms with Crippen LogP contribution in [0.5, 0.6) is 0 Å². The third-order valence-corrected chi connectivity index (χ3v) is 4.39. The van der Waals surface area contributed by atoms with Crippen LogP contribution in [-0.4, -0.2) is 64.9 Å². The average Bonchev–Trinajstić information content (AvgIpc) is 2.49. The maximum absolute atomic E-state index is 12.5. The van der Waals surface area contributed by atoms with Crippen molar-refractivity contribution in [2.45, 2.75) is 46.1 Å². The first-order valence-electron chi connectivity index (χ1n) is 8.53. The van der Waals surface area contributed by atoms with Gasteiger partial charge in [-0.25, -0.2) is 9.97 Å². The number of carbonyl (C=O) groups excluding carboxylic acids is 1. The Kier molecular flexibility index (Phi) is 6.33. The molecule has 6 nitrogen and oxygen atoms in total. The van der Waals surface area contributed by atoms with Gasteiger partial charge < -0.3 is 15.1 Å². The molecule has 1 aliphatic rings. The third kappa shape index (κ3) is 5.16. The van der Waals surface area contributed by atoms with Crippen LogP contribution in [0.15, 0.2) is 6.07 Å². The van der Waals surface area contributed by atoms with Gasteiger partial charge in [-0.1, -0.05) is 0 Å². The van der Waals surface area contributed by atoms with Gasteiger partial charge in [0.05, 0.1) is 0 Å². The van der Waals surface area contributed by atoms with Crippen molar-refractivity contribution in [2.24, 2.45) is 0 Å². The van der Waals surface area contributed by atoms with Gasteiger partial charge in [0.15, 0.2) is 0 Å². The van der Waals surface area contributed by atoms with Crippen LogP contribution in [0.1, 0.15) is 37.6 Å². The van der Waals surface area contributed by atoms with Gasteiger partial charge in [-0.2, -0.15) is 0 Å². The van der Waals surface area contributed by atoms with Crippen molar-refractivity contribution in [1.29, 1.82) is 0 Å². The summed E-state index contributed by atoms with van der Waals surface area (Å²) >= 11 is 0. The third-order valence-electron chi connectivity index (χ3n) is 4.39. The molecule has 0 spiro atoms. The van der Waals surface area contributed by atoms with E-state index in [4.69, 9.17) is 0 Å². The van der Waals surface area contributed by atoms with E-state index < -0.39 is 0 Å². The monoisotopic (exact) mass is 319 g/mol. The molecule has 0 atom stereocenters. The van der Waals surface area contributed by atoms with Gasteiger partial charge in [-0.3, -0.25) is 4.79 Å². The number of aromatic nitrogens is 2. The number of piperidine rings is 1. The number of rotatable bonds is 6. The number of aryl methyl sites for hydroxylation is 2. The Morgan fingerprint density at radius 2 is 1.91 bits per heavy atom. The Morgan fingerprint density at radius 3 is 2.48 bits per heavy atom. The van der Waals surface area contributed by atoms with Gasteiger partial charge in [0.2, 0.25) is 11.9 Å². The molecule has 128 valence electrons. The highest BCUT2D eigenvalue weighted by Crippen LogP contribution is 2.16. The van der Waals surface area contributed by atoms with E-state index in [1.807, 2.05) is 24.8 Å². The lowest BCUT2D eigenvalue weighted by Crippen LogP contribution is -2.46. The van der Waals surface area contributed by atoms with E-state index in [9.17, 15) is 4.79 Å². The molecule has 0 aliphatic carbocycles. The number of likely N-dealkylation sites (tertiary alicyclic amines) is 1. The van der Waals surface area contributed by atoms with Crippen LogP contribution < -0.4 is 5.32 Å². The summed E-state index contributed by atoms with van der Waals surface area (Å²) in [5.74, 6) is 0.830. The zero-order chi connectivity index (χ0) is 16.8. The molecule has 23 heavy (non-hydrogen) atoms. The Bertz CT molecular complexity index is 505. The molecular weight excluding hydrogens is 290 g/mol. The second kappa shape index (κ2) is 8.24. The summed E-state index contributed by atoms with van der Waals surface area (Å²) in [5, 5.41) is 3.17. The van der Waals surface area contributed by atoms with Gasteiger partial charge in [-0.05, 0) is 59.8 Å². The van der Waals surface area contributed by atoms with Crippen molar-refractivity contribution < 1.29 is 4.79 Å². The normalized spacial score (nSPS) is 16.3. The molecule has 0 bridgehead atoms. The first-order chi connectivity index (χ1) is 11.0. The number of nitrogens with one attached hydrogen (secondary N) is 1. The van der Waals surface area contributed by atoms with Gasteiger partial charge in [0.1, 0.15) is 0 Å². The number of amides is 1. The second-order valence-electron chi connectivity index (χ2n) is 6.37. The van der Waals surface area contributed by atoms with Crippen LogP contribution in [0.25, 0.3) is 0 Å². The maximum Gasteiger partial charge on any atom is 0.224 e. The molecule has 1 saturated heterocycles. The largest absolute Gasteiger partial charge is 0.354 e. The smallest absolute Gasteiger partial charge is 0.224 e. The highest BCUT2D eigenvalue weighted by molar-refractivity contribution is 5.77. The molecule has 1 N–H and O–H groups in total. The van der Waals surface area contributed by atoms with Crippen molar-refractivity contribution in [2.75, 3.05) is 38.5 Å². The minimum atomic E-state index is 0.221. The van der Waals surface area contributed by atoms with Crippen LogP contribution in [0.4, 0.5) is 5.95 Å². The zero-order valence-corrected chi connectivity index (χ0v) is 14.8. The molecule has 0 saturated carbocycles. The van der Waals surface area contributed by atoms with Crippen LogP contribution in [0, 0.1) is 13.8 Å². The maximum atomic E-state index is 12.5. The van der Waals surface area contributed by atoms with Crippen molar-refractivity contribution in [3.8, 4) is 0 Å². The Labute approximate surface area is 139 Å². The van der Waals surface area contributed by atoms with Gasteiger partial charge in [0.25, 0.3) is 0 Å². The SMILES string of the molecule is CCN(C(=O)CCNc1nc(C)cc(C)n1)C1CCN(C)CC1. The molecule has 1 amide bonds. The first-order valence-corrected chi connectivity index (χ1v) is 8.53. The fraction of sp³-hybridized carbons (Fsp3) is 0.706. The molecule has 0 unspecified atom stereocenters. The van der Waals surface area contributed by atoms with E-state index in [1.54, 1.807) is 0 Å². The fourth-order valence-corrected chi connectivity index (χ4v) is 3.17. The quantitative estimate of drug-likeness (QED) is 0.867. The van der Waals surface area contributed by atoms with Crippen LogP contribution in [-0.2, 0) is 4.79 Å². The average molecular weight is 319 g/mol. The van der Waals surface area contributed by atoms with Gasteiger partial charge >= 0.3 is 0 Å². The molecule has 1 aromatic rings. The standard InChI is InChI=1S/C17H29N5O/c1-5-22(15-7-10-21(4)11-8-15)16(23)6-9-18-17-19-13(2)12-14(3)20-17/h12,15H,5-11H2,1-4H3,(H,18,19,20). The van der Waals surface area contributed by atoms with E-state index in [2.05, 4.69) is 34.2 Å². The fourth-order valence-electron chi connectivity index (χ4n) is 3.17. The minimum absolute atomic E-state index is 0.221. The van der Waals surface area contributed by atoms with E-state index >= 15 is 0 Å². The van der Waals surface area contributed by atoms with Crippen molar-refractivity contribution in [3.63, 3.8) is 0 Å². The Hall–Kier alpha value is -1.69. The highest BCUT2D eigenvalue weighted by atomic mass is 16.2. The summed E-state index contributed by atoms with van der Waals surface area (Å²) in [6.45, 7) is 9.47. The summed E-state index contributed by atoms with van der Waals surface area (Å²) in [5.41, 5.74) is 1.88. The number of nitrogens with zero attached hydrogens (tertiary/aromatic N) is 4. The van der Waals surface area contributed by atoms with E-state index in [-0.39, 0.29) is 5.91 Å². The lowest BCUT2D eigenvalue weighted by Gasteiger charge is -2.37. The summed E-state index contributed by atoms with van der Waals surface area (Å²) in [6.07, 6.45) is 2.63. The van der Waals surface area contributed by atoms with Gasteiger partial charge in [-0.15, -0.1) is 0 Å². The predicted molar refractivity (Wildman–Crippen MR) is 92.5 cm³/mol. The number of carbonyl (C=O) groups is 1. The topological polar surface area (TPSA) is 61.4 Å². The number of anilines is 1. The summed E-state index contributed by atoms with van der Waals surface area (Å²) < 4.78 is 0. The summed E-state index contributed by atoms with van der Waals surface area (Å²) in [4.78, 5) is 25.6. The molecule has 2 rings (SSSR count). The number of hydrogen-bond donors (Lipinski definition) is 1. The summed E-state index contributed by atoms with van der Waals surface area (Å²) in [6, 6.07) is 2.33. The molecule has 6 heteroatoms. The number of hydrogen-bond acceptors (Lipinski definition) is 5. The minimum Gasteiger partial charge on any atom is -0.354 e. The van der Waals surface area contributed by atoms with Crippen molar-refractivity contribution >= 4 is 11.9 Å². The van der Waals surface area contributed by atoms with Crippen LogP contribution >= 0.6 is 0 Å². The molecular formula is C17H29N5O. The van der Waals surface area contributed by atoms with Crippen molar-refractivity contribution in [3.05, 3.63) is 17.5 Å². The Balaban J connectivity index is 1.82. The molecule has 1 fully saturated rings. The van der Waals surface area contributed by atoms with Crippen LogP contribution in [0.3, 0.4) is 0 Å². The molecule has 0 radical (unpaired) electrons. The van der Waals surface area contributed by atoms with E-state index in [0.717, 1.165) is 43.9 Å². The highest BCUT2D eigenvalue weighted by Gasteiger charge is 2.25. The molecule has 1 aromatic heterocycles. The second-order valence-corrected chi connectivity index (χ2v) is 6.37. The molecule has 2 heterocycles. The Morgan fingerprint density at radius 1 is 1.30 bits per heavy atom. The first kappa shape index (κ1) is 17.7. The molecule has 1 aliphatic heterocycles. The predicted octanol–water partition coefficient (Wildman–Crippen LogP) is 1.84. The zero-order valence-electron chi connectivity index (χ0n) is 14.8. The lowest BCUT2D eigenvalue weighted by molar-refractivity contribution is -0.133. The summed E-state index contributed by atoms with van der Waals surface area (Å²) in [7, 11) is 2.14. The van der Waals surface area contributed by atoms with E-state index in [1.165, 1.54) is 0 Å². The molecule has 0 aromatic carbocycles. The van der Waals surface area contributed by atoms with Crippen LogP contribution in [0.2, 0.25) is 0 Å². The lowest BCUT2D eigenvalue weighted by atomic mass is 10.0.